The second-order valence-corrected chi connectivity index (χ2v) is 8.79. The van der Waals surface area contributed by atoms with Crippen molar-refractivity contribution in [2.45, 2.75) is 70.8 Å². The zero-order valence-corrected chi connectivity index (χ0v) is 16.8. The normalized spacial score (nSPS) is 26.0. The summed E-state index contributed by atoms with van der Waals surface area (Å²) in [5.41, 5.74) is 0.181. The van der Waals surface area contributed by atoms with Gasteiger partial charge in [0, 0.05) is 25.8 Å². The fourth-order valence-corrected chi connectivity index (χ4v) is 4.07. The molecule has 158 valence electrons. The number of amides is 1. The number of ether oxygens (including phenoxy) is 1. The second-order valence-electron chi connectivity index (χ2n) is 8.79. The number of nitrogens with one attached hydrogen (secondary N) is 1. The average Bonchev–Trinajstić information content (AvgIpc) is 3.03. The van der Waals surface area contributed by atoms with E-state index in [1.807, 2.05) is 20.8 Å². The van der Waals surface area contributed by atoms with Crippen molar-refractivity contribution in [2.24, 2.45) is 5.41 Å². The van der Waals surface area contributed by atoms with Gasteiger partial charge in [-0.05, 0) is 31.1 Å². The molecule has 1 aromatic rings. The van der Waals surface area contributed by atoms with Crippen LogP contribution in [0.5, 0.6) is 0 Å². The number of aromatic nitrogens is 2. The molecule has 0 aliphatic carbocycles. The van der Waals surface area contributed by atoms with Crippen LogP contribution in [-0.2, 0) is 9.53 Å². The summed E-state index contributed by atoms with van der Waals surface area (Å²) in [4.78, 5) is 14.1. The molecule has 0 bridgehead atoms. The lowest BCUT2D eigenvalue weighted by atomic mass is 9.82. The van der Waals surface area contributed by atoms with E-state index in [0.29, 0.717) is 24.5 Å². The maximum absolute atomic E-state index is 13.8. The zero-order valence-electron chi connectivity index (χ0n) is 16.8. The molecule has 28 heavy (non-hydrogen) atoms. The van der Waals surface area contributed by atoms with E-state index in [-0.39, 0.29) is 36.4 Å². The summed E-state index contributed by atoms with van der Waals surface area (Å²) in [7, 11) is 1.46. The van der Waals surface area contributed by atoms with E-state index in [0.717, 1.165) is 17.5 Å². The van der Waals surface area contributed by atoms with Crippen LogP contribution in [0, 0.1) is 5.41 Å². The summed E-state index contributed by atoms with van der Waals surface area (Å²) < 4.78 is 47.3. The first-order valence-corrected chi connectivity index (χ1v) is 9.73. The molecule has 1 fully saturated rings. The topological polar surface area (TPSA) is 59.4 Å². The van der Waals surface area contributed by atoms with E-state index in [9.17, 15) is 18.0 Å². The molecule has 1 amide bonds. The third-order valence-corrected chi connectivity index (χ3v) is 5.69. The Balaban J connectivity index is 1.95. The number of anilines is 1. The first-order valence-electron chi connectivity index (χ1n) is 9.73. The van der Waals surface area contributed by atoms with E-state index in [2.05, 4.69) is 10.4 Å². The highest BCUT2D eigenvalue weighted by Crippen LogP contribution is 2.44. The summed E-state index contributed by atoms with van der Waals surface area (Å²) in [5, 5.41) is 7.57. The predicted octanol–water partition coefficient (Wildman–Crippen LogP) is 3.92. The molecule has 0 radical (unpaired) electrons. The van der Waals surface area contributed by atoms with Crippen LogP contribution in [0.2, 0.25) is 0 Å². The molecule has 0 unspecified atom stereocenters. The van der Waals surface area contributed by atoms with Gasteiger partial charge in [0.25, 0.3) is 0 Å². The van der Waals surface area contributed by atoms with Gasteiger partial charge in [0.05, 0.1) is 11.7 Å². The van der Waals surface area contributed by atoms with Gasteiger partial charge in [-0.25, -0.2) is 4.68 Å². The van der Waals surface area contributed by atoms with Crippen LogP contribution in [0.3, 0.4) is 0 Å². The monoisotopic (exact) mass is 402 g/mol. The molecular formula is C19H29F3N4O2. The number of carbonyl (C=O) groups excluding carboxylic acids is 1. The van der Waals surface area contributed by atoms with Gasteiger partial charge in [-0.15, -0.1) is 0 Å². The van der Waals surface area contributed by atoms with Crippen molar-refractivity contribution < 1.29 is 22.7 Å². The molecule has 2 aliphatic heterocycles. The molecule has 9 heteroatoms. The van der Waals surface area contributed by atoms with Crippen LogP contribution in [0.1, 0.15) is 64.2 Å². The molecular weight excluding hydrogens is 373 g/mol. The smallest absolute Gasteiger partial charge is 0.375 e. The van der Waals surface area contributed by atoms with Gasteiger partial charge >= 0.3 is 6.18 Å². The molecule has 2 aliphatic rings. The lowest BCUT2D eigenvalue weighted by molar-refractivity contribution is -0.175. The maximum Gasteiger partial charge on any atom is 0.410 e. The number of halogens is 3. The highest BCUT2D eigenvalue weighted by atomic mass is 19.4. The minimum Gasteiger partial charge on any atom is -0.375 e. The Kier molecular flexibility index (Phi) is 5.67. The molecule has 3 heterocycles. The number of hydrogen-bond donors (Lipinski definition) is 1. The first kappa shape index (κ1) is 21.0. The highest BCUT2D eigenvalue weighted by Gasteiger charge is 2.48. The number of nitrogens with zero attached hydrogens (tertiary/aromatic N) is 3. The first-order chi connectivity index (χ1) is 13.0. The average molecular weight is 402 g/mol. The number of rotatable bonds is 3. The fourth-order valence-electron chi connectivity index (χ4n) is 4.07. The van der Waals surface area contributed by atoms with Gasteiger partial charge in [-0.2, -0.15) is 18.3 Å². The van der Waals surface area contributed by atoms with Crippen LogP contribution in [0.25, 0.3) is 0 Å². The van der Waals surface area contributed by atoms with Gasteiger partial charge in [-0.1, -0.05) is 20.8 Å². The Morgan fingerprint density at radius 1 is 1.32 bits per heavy atom. The molecule has 0 saturated carbocycles. The maximum atomic E-state index is 13.8. The Bertz CT molecular complexity index is 711. The largest absolute Gasteiger partial charge is 0.410 e. The van der Waals surface area contributed by atoms with Crippen LogP contribution in [-0.4, -0.2) is 53.1 Å². The number of carbonyl (C=O) groups is 1. The van der Waals surface area contributed by atoms with Crippen LogP contribution in [0.15, 0.2) is 6.07 Å². The van der Waals surface area contributed by atoms with E-state index in [1.165, 1.54) is 7.11 Å². The number of piperidine rings is 1. The van der Waals surface area contributed by atoms with Crippen molar-refractivity contribution in [1.29, 1.82) is 0 Å². The molecule has 1 aromatic heterocycles. The highest BCUT2D eigenvalue weighted by molar-refractivity contribution is 5.78. The van der Waals surface area contributed by atoms with Crippen molar-refractivity contribution in [3.8, 4) is 0 Å². The van der Waals surface area contributed by atoms with Crippen molar-refractivity contribution in [3.63, 3.8) is 0 Å². The Morgan fingerprint density at radius 3 is 2.64 bits per heavy atom. The van der Waals surface area contributed by atoms with E-state index in [4.69, 9.17) is 4.74 Å². The summed E-state index contributed by atoms with van der Waals surface area (Å²) >= 11 is 0. The molecule has 3 atom stereocenters. The SMILES string of the molecule is COCC(=O)N1CCCC[C@H]1c1cc2n(n1)[C@@H](C(F)(F)F)C[C@@H](C(C)(C)C)N2. The van der Waals surface area contributed by atoms with Crippen molar-refractivity contribution in [1.82, 2.24) is 14.7 Å². The number of hydrogen-bond acceptors (Lipinski definition) is 4. The molecule has 1 saturated heterocycles. The van der Waals surface area contributed by atoms with Gasteiger partial charge in [-0.3, -0.25) is 4.79 Å². The standard InChI is InChI=1S/C19H29F3N4O2/c1-18(2,3)14-10-15(19(20,21)22)26-16(23-14)9-12(24-26)13-7-5-6-8-25(13)17(27)11-28-4/h9,13-15,23H,5-8,10-11H2,1-4H3/t13-,14-,15+/m0/s1. The van der Waals surface area contributed by atoms with Crippen LogP contribution < -0.4 is 5.32 Å². The van der Waals surface area contributed by atoms with Gasteiger partial charge in [0.1, 0.15) is 12.4 Å². The summed E-state index contributed by atoms with van der Waals surface area (Å²) in [6, 6.07) is -0.639. The fraction of sp³-hybridized carbons (Fsp3) is 0.789. The third kappa shape index (κ3) is 4.14. The van der Waals surface area contributed by atoms with Crippen LogP contribution in [0.4, 0.5) is 19.0 Å². The number of alkyl halides is 3. The summed E-state index contributed by atoms with van der Waals surface area (Å²) in [5.74, 6) is 0.208. The molecule has 3 rings (SSSR count). The third-order valence-electron chi connectivity index (χ3n) is 5.69. The Morgan fingerprint density at radius 2 is 2.04 bits per heavy atom. The van der Waals surface area contributed by atoms with Crippen molar-refractivity contribution >= 4 is 11.7 Å². The molecule has 0 spiro atoms. The molecule has 1 N–H and O–H groups in total. The van der Waals surface area contributed by atoms with Crippen LogP contribution >= 0.6 is 0 Å². The van der Waals surface area contributed by atoms with Crippen molar-refractivity contribution in [2.75, 3.05) is 25.6 Å². The van der Waals surface area contributed by atoms with E-state index >= 15 is 0 Å². The Labute approximate surface area is 163 Å². The molecule has 0 aromatic carbocycles. The number of methoxy groups -OCH3 is 1. The Hall–Kier alpha value is -1.77. The van der Waals surface area contributed by atoms with Gasteiger partial charge in [0.15, 0.2) is 6.04 Å². The molecule has 6 nitrogen and oxygen atoms in total. The second kappa shape index (κ2) is 7.57. The minimum atomic E-state index is -4.39. The predicted molar refractivity (Wildman–Crippen MR) is 99.0 cm³/mol. The lowest BCUT2D eigenvalue weighted by Crippen LogP contribution is -2.45. The van der Waals surface area contributed by atoms with Crippen molar-refractivity contribution in [3.05, 3.63) is 11.8 Å². The minimum absolute atomic E-state index is 0.0421. The van der Waals surface area contributed by atoms with E-state index < -0.39 is 12.2 Å². The van der Waals surface area contributed by atoms with Gasteiger partial charge in [0.2, 0.25) is 5.91 Å². The number of likely N-dealkylation sites (tertiary alicyclic amines) is 1. The summed E-state index contributed by atoms with van der Waals surface area (Å²) in [6.45, 7) is 6.31. The number of fused-ring (bicyclic) bond motifs is 1. The lowest BCUT2D eigenvalue weighted by Gasteiger charge is -2.39. The summed E-state index contributed by atoms with van der Waals surface area (Å²) in [6.07, 6.45) is -2.00. The zero-order chi connectivity index (χ0) is 20.7. The van der Waals surface area contributed by atoms with Gasteiger partial charge < -0.3 is 15.0 Å². The van der Waals surface area contributed by atoms with E-state index in [1.54, 1.807) is 11.0 Å². The quantitative estimate of drug-likeness (QED) is 0.833.